The van der Waals surface area contributed by atoms with Crippen LogP contribution in [0.5, 0.6) is 5.75 Å². The first-order chi connectivity index (χ1) is 11.7. The lowest BCUT2D eigenvalue weighted by Crippen LogP contribution is -2.00. The molecule has 0 aliphatic rings. The Balaban J connectivity index is 1.81. The monoisotopic (exact) mass is 315 g/mol. The Hall–Kier alpha value is -3.52. The summed E-state index contributed by atoms with van der Waals surface area (Å²) in [6.45, 7) is 1.37. The predicted octanol–water partition coefficient (Wildman–Crippen LogP) is 3.61. The van der Waals surface area contributed by atoms with Crippen molar-refractivity contribution in [1.82, 2.24) is 9.97 Å². The van der Waals surface area contributed by atoms with Crippen LogP contribution >= 0.6 is 0 Å². The number of aromatic nitrogens is 2. The fraction of sp³-hybridized carbons (Fsp3) is 0.0526. The van der Waals surface area contributed by atoms with Crippen LogP contribution in [0.15, 0.2) is 60.9 Å². The zero-order chi connectivity index (χ0) is 16.9. The summed E-state index contributed by atoms with van der Waals surface area (Å²) >= 11 is 0. The van der Waals surface area contributed by atoms with Gasteiger partial charge in [-0.2, -0.15) is 5.26 Å². The second-order valence-corrected chi connectivity index (χ2v) is 5.10. The number of nitrogens with zero attached hydrogens (tertiary/aromatic N) is 3. The van der Waals surface area contributed by atoms with Gasteiger partial charge in [0.2, 0.25) is 0 Å². The molecule has 0 aliphatic heterocycles. The van der Waals surface area contributed by atoms with Crippen LogP contribution in [0.25, 0.3) is 22.5 Å². The summed E-state index contributed by atoms with van der Waals surface area (Å²) in [7, 11) is 0. The van der Waals surface area contributed by atoms with Gasteiger partial charge in [-0.25, -0.2) is 9.97 Å². The summed E-state index contributed by atoms with van der Waals surface area (Å²) in [6.07, 6.45) is 3.01. The van der Waals surface area contributed by atoms with E-state index in [0.29, 0.717) is 17.1 Å². The van der Waals surface area contributed by atoms with Crippen molar-refractivity contribution in [3.05, 3.63) is 66.5 Å². The number of hydrogen-bond donors (Lipinski definition) is 0. The zero-order valence-corrected chi connectivity index (χ0v) is 12.9. The highest BCUT2D eigenvalue weighted by Gasteiger charge is 2.04. The van der Waals surface area contributed by atoms with Crippen molar-refractivity contribution in [3.8, 4) is 34.3 Å². The van der Waals surface area contributed by atoms with E-state index in [1.165, 1.54) is 19.3 Å². The topological polar surface area (TPSA) is 75.9 Å². The van der Waals surface area contributed by atoms with Crippen LogP contribution in [-0.2, 0) is 4.79 Å². The summed E-state index contributed by atoms with van der Waals surface area (Å²) in [4.78, 5) is 19.3. The zero-order valence-electron chi connectivity index (χ0n) is 12.9. The van der Waals surface area contributed by atoms with Crippen LogP contribution in [0.1, 0.15) is 12.5 Å². The molecule has 0 fully saturated rings. The van der Waals surface area contributed by atoms with Crippen LogP contribution in [0.4, 0.5) is 0 Å². The van der Waals surface area contributed by atoms with E-state index in [0.717, 1.165) is 16.7 Å². The number of rotatable bonds is 3. The first kappa shape index (κ1) is 15.4. The molecule has 5 nitrogen and oxygen atoms in total. The van der Waals surface area contributed by atoms with E-state index in [1.54, 1.807) is 12.1 Å². The molecule has 0 spiro atoms. The molecule has 5 heteroatoms. The lowest BCUT2D eigenvalue weighted by Gasteiger charge is -2.06. The number of carbonyl (C=O) groups excluding carboxylic acids is 1. The third kappa shape index (κ3) is 3.45. The molecular weight excluding hydrogens is 302 g/mol. The fourth-order valence-corrected chi connectivity index (χ4v) is 2.23. The van der Waals surface area contributed by atoms with Gasteiger partial charge < -0.3 is 4.74 Å². The summed E-state index contributed by atoms with van der Waals surface area (Å²) in [5.74, 6) is 0.758. The molecule has 116 valence electrons. The largest absolute Gasteiger partial charge is 0.427 e. The molecule has 1 aromatic heterocycles. The highest BCUT2D eigenvalue weighted by Crippen LogP contribution is 2.25. The molecule has 24 heavy (non-hydrogen) atoms. The van der Waals surface area contributed by atoms with E-state index in [1.807, 2.05) is 42.5 Å². The minimum atomic E-state index is -0.338. The molecule has 0 saturated carbocycles. The van der Waals surface area contributed by atoms with E-state index in [-0.39, 0.29) is 5.97 Å². The smallest absolute Gasteiger partial charge is 0.308 e. The minimum absolute atomic E-state index is 0.338. The van der Waals surface area contributed by atoms with Crippen molar-refractivity contribution in [2.24, 2.45) is 0 Å². The van der Waals surface area contributed by atoms with Crippen molar-refractivity contribution < 1.29 is 9.53 Å². The SMILES string of the molecule is CC(=O)Oc1ccc(-c2ccc(-c3ncc(C#N)cn3)cc2)cc1. The number of carbonyl (C=O) groups is 1. The van der Waals surface area contributed by atoms with Gasteiger partial charge in [0.25, 0.3) is 0 Å². The Kier molecular flexibility index (Phi) is 4.30. The second kappa shape index (κ2) is 6.71. The standard InChI is InChI=1S/C19H13N3O2/c1-13(23)24-18-8-6-16(7-9-18)15-2-4-17(5-3-15)19-21-11-14(10-20)12-22-19/h2-9,11-12H,1H3. The molecule has 0 unspecified atom stereocenters. The Morgan fingerprint density at radius 1 is 0.917 bits per heavy atom. The van der Waals surface area contributed by atoms with Crippen molar-refractivity contribution in [2.45, 2.75) is 6.92 Å². The summed E-state index contributed by atoms with van der Waals surface area (Å²) in [5, 5.41) is 8.77. The predicted molar refractivity (Wildman–Crippen MR) is 88.9 cm³/mol. The maximum absolute atomic E-state index is 10.9. The first-order valence-corrected chi connectivity index (χ1v) is 7.27. The summed E-state index contributed by atoms with van der Waals surface area (Å²) in [6, 6.07) is 17.1. The van der Waals surface area contributed by atoms with Gasteiger partial charge in [0.15, 0.2) is 5.82 Å². The quantitative estimate of drug-likeness (QED) is 0.545. The van der Waals surface area contributed by atoms with Crippen LogP contribution in [0, 0.1) is 11.3 Å². The molecule has 0 amide bonds. The molecule has 2 aromatic carbocycles. The third-order valence-electron chi connectivity index (χ3n) is 3.37. The van der Waals surface area contributed by atoms with Gasteiger partial charge in [0.05, 0.1) is 5.56 Å². The van der Waals surface area contributed by atoms with E-state index >= 15 is 0 Å². The van der Waals surface area contributed by atoms with Gasteiger partial charge in [-0.05, 0) is 23.3 Å². The van der Waals surface area contributed by atoms with Crippen molar-refractivity contribution >= 4 is 5.97 Å². The van der Waals surface area contributed by atoms with Gasteiger partial charge in [-0.3, -0.25) is 4.79 Å². The lowest BCUT2D eigenvalue weighted by atomic mass is 10.0. The molecule has 3 rings (SSSR count). The molecule has 3 aromatic rings. The van der Waals surface area contributed by atoms with Gasteiger partial charge in [0.1, 0.15) is 11.8 Å². The molecule has 0 saturated heterocycles. The van der Waals surface area contributed by atoms with Gasteiger partial charge in [-0.15, -0.1) is 0 Å². The van der Waals surface area contributed by atoms with Crippen molar-refractivity contribution in [2.75, 3.05) is 0 Å². The molecule has 0 bridgehead atoms. The van der Waals surface area contributed by atoms with Crippen molar-refractivity contribution in [1.29, 1.82) is 5.26 Å². The Labute approximate surface area is 139 Å². The van der Waals surface area contributed by atoms with Crippen LogP contribution in [-0.4, -0.2) is 15.9 Å². The maximum Gasteiger partial charge on any atom is 0.308 e. The van der Waals surface area contributed by atoms with Crippen LogP contribution in [0.3, 0.4) is 0 Å². The number of hydrogen-bond acceptors (Lipinski definition) is 5. The summed E-state index contributed by atoms with van der Waals surface area (Å²) in [5.41, 5.74) is 3.35. The second-order valence-electron chi connectivity index (χ2n) is 5.10. The average molecular weight is 315 g/mol. The fourth-order valence-electron chi connectivity index (χ4n) is 2.23. The van der Waals surface area contributed by atoms with E-state index in [4.69, 9.17) is 10.00 Å². The highest BCUT2D eigenvalue weighted by atomic mass is 16.5. The van der Waals surface area contributed by atoms with Gasteiger partial charge in [0, 0.05) is 24.9 Å². The first-order valence-electron chi connectivity index (χ1n) is 7.27. The normalized spacial score (nSPS) is 10.0. The number of benzene rings is 2. The number of ether oxygens (including phenoxy) is 1. The number of nitriles is 1. The summed E-state index contributed by atoms with van der Waals surface area (Å²) < 4.78 is 5.02. The average Bonchev–Trinajstić information content (AvgIpc) is 2.62. The Bertz CT molecular complexity index is 893. The van der Waals surface area contributed by atoms with Crippen molar-refractivity contribution in [3.63, 3.8) is 0 Å². The molecule has 0 atom stereocenters. The molecule has 0 N–H and O–H groups in total. The Morgan fingerprint density at radius 2 is 1.42 bits per heavy atom. The minimum Gasteiger partial charge on any atom is -0.427 e. The molecule has 1 heterocycles. The third-order valence-corrected chi connectivity index (χ3v) is 3.37. The Morgan fingerprint density at radius 3 is 1.92 bits per heavy atom. The van der Waals surface area contributed by atoms with Crippen LogP contribution < -0.4 is 4.74 Å². The molecule has 0 radical (unpaired) electrons. The van der Waals surface area contributed by atoms with Gasteiger partial charge >= 0.3 is 5.97 Å². The maximum atomic E-state index is 10.9. The van der Waals surface area contributed by atoms with E-state index in [2.05, 4.69) is 9.97 Å². The molecule has 0 aliphatic carbocycles. The van der Waals surface area contributed by atoms with E-state index < -0.39 is 0 Å². The molecular formula is C19H13N3O2. The highest BCUT2D eigenvalue weighted by molar-refractivity contribution is 5.71. The lowest BCUT2D eigenvalue weighted by molar-refractivity contribution is -0.131. The van der Waals surface area contributed by atoms with Crippen LogP contribution in [0.2, 0.25) is 0 Å². The number of esters is 1. The van der Waals surface area contributed by atoms with Gasteiger partial charge in [-0.1, -0.05) is 36.4 Å². The van der Waals surface area contributed by atoms with E-state index in [9.17, 15) is 4.79 Å².